The van der Waals surface area contributed by atoms with E-state index in [2.05, 4.69) is 4.72 Å². The Bertz CT molecular complexity index is 686. The van der Waals surface area contributed by atoms with Crippen molar-refractivity contribution in [3.05, 3.63) is 29.8 Å². The number of methoxy groups -OCH3 is 1. The minimum Gasteiger partial charge on any atom is -0.496 e. The number of ether oxygens (including phenoxy) is 1. The first-order valence-corrected chi connectivity index (χ1v) is 10.2. The Labute approximate surface area is 132 Å². The van der Waals surface area contributed by atoms with Crippen LogP contribution in [0.5, 0.6) is 5.75 Å². The van der Waals surface area contributed by atoms with Gasteiger partial charge in [-0.15, -0.1) is 0 Å². The molecule has 0 aromatic heterocycles. The van der Waals surface area contributed by atoms with Crippen molar-refractivity contribution in [1.29, 1.82) is 0 Å². The second kappa shape index (κ2) is 7.91. The summed E-state index contributed by atoms with van der Waals surface area (Å²) in [5, 5.41) is 0. The van der Waals surface area contributed by atoms with Crippen molar-refractivity contribution in [3.8, 4) is 5.75 Å². The molecule has 1 rings (SSSR count). The Hall–Kier alpha value is -1.16. The van der Waals surface area contributed by atoms with Crippen LogP contribution in [0.4, 0.5) is 0 Å². The maximum Gasteiger partial charge on any atom is 0.211 e. The second-order valence-corrected chi connectivity index (χ2v) is 8.78. The molecule has 126 valence electrons. The Morgan fingerprint density at radius 2 is 1.82 bits per heavy atom. The predicted octanol–water partition coefficient (Wildman–Crippen LogP) is 0.396. The summed E-state index contributed by atoms with van der Waals surface area (Å²) in [6, 6.07) is 7.10. The molecular formula is C13H22N2O5S2. The van der Waals surface area contributed by atoms with Crippen LogP contribution < -0.4 is 9.46 Å². The number of benzene rings is 1. The lowest BCUT2D eigenvalue weighted by atomic mass is 10.2. The summed E-state index contributed by atoms with van der Waals surface area (Å²) in [7, 11) is -5.30. The number of nitrogens with zero attached hydrogens (tertiary/aromatic N) is 1. The SMILES string of the molecule is CCS(=O)(=O)NCCN(Cc1ccccc1OC)S(C)(=O)=O. The molecule has 1 N–H and O–H groups in total. The van der Waals surface area contributed by atoms with Crippen LogP contribution in [0.25, 0.3) is 0 Å². The molecule has 0 aliphatic carbocycles. The van der Waals surface area contributed by atoms with Crippen LogP contribution >= 0.6 is 0 Å². The fraction of sp³-hybridized carbons (Fsp3) is 0.538. The Kier molecular flexibility index (Phi) is 6.79. The Morgan fingerprint density at radius 1 is 1.18 bits per heavy atom. The van der Waals surface area contributed by atoms with Gasteiger partial charge in [-0.1, -0.05) is 18.2 Å². The highest BCUT2D eigenvalue weighted by Gasteiger charge is 2.19. The zero-order valence-corrected chi connectivity index (χ0v) is 14.6. The van der Waals surface area contributed by atoms with Crippen molar-refractivity contribution in [2.24, 2.45) is 0 Å². The normalized spacial score (nSPS) is 12.5. The van der Waals surface area contributed by atoms with Gasteiger partial charge in [0.05, 0.1) is 19.1 Å². The molecule has 1 aromatic rings. The molecule has 0 saturated heterocycles. The molecule has 0 bridgehead atoms. The van der Waals surface area contributed by atoms with E-state index in [0.717, 1.165) is 6.26 Å². The molecule has 0 aliphatic heterocycles. The Morgan fingerprint density at radius 3 is 2.36 bits per heavy atom. The first-order valence-electron chi connectivity index (χ1n) is 6.74. The molecule has 0 radical (unpaired) electrons. The highest BCUT2D eigenvalue weighted by Crippen LogP contribution is 2.20. The Balaban J connectivity index is 2.83. The molecule has 0 atom stereocenters. The zero-order valence-electron chi connectivity index (χ0n) is 12.9. The molecule has 1 aromatic carbocycles. The average Bonchev–Trinajstić information content (AvgIpc) is 2.45. The number of hydrogen-bond donors (Lipinski definition) is 1. The van der Waals surface area contributed by atoms with Crippen LogP contribution in [0, 0.1) is 0 Å². The van der Waals surface area contributed by atoms with Gasteiger partial charge in [0.2, 0.25) is 20.0 Å². The lowest BCUT2D eigenvalue weighted by Gasteiger charge is -2.21. The lowest BCUT2D eigenvalue weighted by molar-refractivity contribution is 0.382. The third kappa shape index (κ3) is 5.91. The smallest absolute Gasteiger partial charge is 0.211 e. The first-order chi connectivity index (χ1) is 10.2. The third-order valence-corrected chi connectivity index (χ3v) is 5.73. The summed E-state index contributed by atoms with van der Waals surface area (Å²) in [5.74, 6) is 0.545. The highest BCUT2D eigenvalue weighted by atomic mass is 32.2. The fourth-order valence-corrected chi connectivity index (χ4v) is 3.22. The number of sulfonamides is 2. The molecule has 22 heavy (non-hydrogen) atoms. The van der Waals surface area contributed by atoms with Gasteiger partial charge in [0, 0.05) is 25.2 Å². The molecule has 0 saturated carbocycles. The summed E-state index contributed by atoms with van der Waals surface area (Å²) in [6.45, 7) is 1.72. The lowest BCUT2D eigenvalue weighted by Crippen LogP contribution is -2.38. The van der Waals surface area contributed by atoms with Gasteiger partial charge >= 0.3 is 0 Å². The summed E-state index contributed by atoms with van der Waals surface area (Å²) < 4.78 is 55.3. The predicted molar refractivity (Wildman–Crippen MR) is 85.7 cm³/mol. The van der Waals surface area contributed by atoms with E-state index in [1.807, 2.05) is 0 Å². The number of rotatable bonds is 9. The topological polar surface area (TPSA) is 92.8 Å². The van der Waals surface area contributed by atoms with Gasteiger partial charge in [-0.3, -0.25) is 0 Å². The van der Waals surface area contributed by atoms with E-state index in [-0.39, 0.29) is 25.4 Å². The van der Waals surface area contributed by atoms with Crippen molar-refractivity contribution in [3.63, 3.8) is 0 Å². The van der Waals surface area contributed by atoms with Gasteiger partial charge in [-0.05, 0) is 13.0 Å². The molecule has 0 aliphatic rings. The van der Waals surface area contributed by atoms with Crippen LogP contribution in [0.15, 0.2) is 24.3 Å². The largest absolute Gasteiger partial charge is 0.496 e. The van der Waals surface area contributed by atoms with Crippen LogP contribution in [0.3, 0.4) is 0 Å². The minimum atomic E-state index is -3.47. The summed E-state index contributed by atoms with van der Waals surface area (Å²) in [5.41, 5.74) is 0.716. The van der Waals surface area contributed by atoms with Gasteiger partial charge < -0.3 is 4.74 Å². The monoisotopic (exact) mass is 350 g/mol. The van der Waals surface area contributed by atoms with E-state index in [1.165, 1.54) is 18.3 Å². The summed E-state index contributed by atoms with van der Waals surface area (Å²) in [6.07, 6.45) is 1.09. The second-order valence-electron chi connectivity index (χ2n) is 4.71. The van der Waals surface area contributed by atoms with E-state index in [0.29, 0.717) is 11.3 Å². The van der Waals surface area contributed by atoms with Crippen LogP contribution in [0.1, 0.15) is 12.5 Å². The van der Waals surface area contributed by atoms with E-state index in [4.69, 9.17) is 4.74 Å². The number of nitrogens with one attached hydrogen (secondary N) is 1. The van der Waals surface area contributed by atoms with Gasteiger partial charge in [-0.25, -0.2) is 21.6 Å². The molecule has 0 heterocycles. The van der Waals surface area contributed by atoms with Crippen LogP contribution in [-0.2, 0) is 26.6 Å². The maximum absolute atomic E-state index is 11.9. The van der Waals surface area contributed by atoms with Crippen LogP contribution in [0.2, 0.25) is 0 Å². The van der Waals surface area contributed by atoms with E-state index < -0.39 is 20.0 Å². The van der Waals surface area contributed by atoms with Gasteiger partial charge in [0.15, 0.2) is 0 Å². The van der Waals surface area contributed by atoms with E-state index >= 15 is 0 Å². The molecule has 7 nitrogen and oxygen atoms in total. The summed E-state index contributed by atoms with van der Waals surface area (Å²) >= 11 is 0. The third-order valence-electron chi connectivity index (χ3n) is 3.07. The molecule has 0 amide bonds. The molecular weight excluding hydrogens is 328 g/mol. The number of para-hydroxylation sites is 1. The van der Waals surface area contributed by atoms with Crippen molar-refractivity contribution in [2.45, 2.75) is 13.5 Å². The van der Waals surface area contributed by atoms with Gasteiger partial charge in [0.25, 0.3) is 0 Å². The molecule has 0 spiro atoms. The van der Waals surface area contributed by atoms with Crippen LogP contribution in [-0.4, -0.2) is 53.3 Å². The molecule has 9 heteroatoms. The van der Waals surface area contributed by atoms with E-state index in [9.17, 15) is 16.8 Å². The van der Waals surface area contributed by atoms with Gasteiger partial charge in [-0.2, -0.15) is 4.31 Å². The molecule has 0 unspecified atom stereocenters. The quantitative estimate of drug-likeness (QED) is 0.696. The minimum absolute atomic E-state index is 0.0262. The van der Waals surface area contributed by atoms with Crippen molar-refractivity contribution in [2.75, 3.05) is 32.2 Å². The van der Waals surface area contributed by atoms with Crippen molar-refractivity contribution < 1.29 is 21.6 Å². The highest BCUT2D eigenvalue weighted by molar-refractivity contribution is 7.89. The fourth-order valence-electron chi connectivity index (χ4n) is 1.81. The van der Waals surface area contributed by atoms with Crippen molar-refractivity contribution in [1.82, 2.24) is 9.03 Å². The van der Waals surface area contributed by atoms with E-state index in [1.54, 1.807) is 24.3 Å². The number of hydrogen-bond acceptors (Lipinski definition) is 5. The maximum atomic E-state index is 11.9. The first kappa shape index (κ1) is 18.9. The summed E-state index contributed by atoms with van der Waals surface area (Å²) in [4.78, 5) is 0. The molecule has 0 fully saturated rings. The standard InChI is InChI=1S/C13H22N2O5S2/c1-4-22(18,19)14-9-10-15(21(3,16)17)11-12-7-5-6-8-13(12)20-2/h5-8,14H,4,9-11H2,1-3H3. The van der Waals surface area contributed by atoms with Crippen molar-refractivity contribution >= 4 is 20.0 Å². The zero-order chi connectivity index (χ0) is 16.8. The average molecular weight is 350 g/mol. The van der Waals surface area contributed by atoms with Gasteiger partial charge in [0.1, 0.15) is 5.75 Å².